The Kier molecular flexibility index (Phi) is 3.09. The number of hydrogen-bond donors (Lipinski definition) is 1. The second-order valence-corrected chi connectivity index (χ2v) is 4.95. The lowest BCUT2D eigenvalue weighted by Gasteiger charge is -2.10. The molecule has 2 aromatic carbocycles. The standard InChI is InChI=1S/C15H11BrN2O/c16-15-13-4-2-1-3-10(13)5-6-14(15)19-12-7-11(17)8-18-9-12/h1-9H,17H2. The average molecular weight is 315 g/mol. The van der Waals surface area contributed by atoms with Gasteiger partial charge in [-0.1, -0.05) is 30.3 Å². The van der Waals surface area contributed by atoms with E-state index in [2.05, 4.69) is 27.0 Å². The highest BCUT2D eigenvalue weighted by molar-refractivity contribution is 9.10. The summed E-state index contributed by atoms with van der Waals surface area (Å²) in [7, 11) is 0. The summed E-state index contributed by atoms with van der Waals surface area (Å²) in [6.45, 7) is 0. The van der Waals surface area contributed by atoms with Gasteiger partial charge in [0.15, 0.2) is 0 Å². The summed E-state index contributed by atoms with van der Waals surface area (Å²) < 4.78 is 6.73. The predicted octanol–water partition coefficient (Wildman–Crippen LogP) is 4.37. The summed E-state index contributed by atoms with van der Waals surface area (Å²) in [5, 5.41) is 2.27. The number of halogens is 1. The molecule has 0 spiro atoms. The van der Waals surface area contributed by atoms with Gasteiger partial charge in [0, 0.05) is 6.07 Å². The predicted molar refractivity (Wildman–Crippen MR) is 80.4 cm³/mol. The first-order valence-corrected chi connectivity index (χ1v) is 6.59. The number of nitrogen functional groups attached to an aromatic ring is 1. The molecule has 0 fully saturated rings. The molecule has 0 radical (unpaired) electrons. The Morgan fingerprint density at radius 3 is 2.74 bits per heavy atom. The van der Waals surface area contributed by atoms with Crippen molar-refractivity contribution in [2.45, 2.75) is 0 Å². The first-order chi connectivity index (χ1) is 9.24. The molecule has 0 saturated heterocycles. The molecule has 0 saturated carbocycles. The van der Waals surface area contributed by atoms with Gasteiger partial charge in [0.1, 0.15) is 11.5 Å². The van der Waals surface area contributed by atoms with E-state index in [0.717, 1.165) is 21.0 Å². The van der Waals surface area contributed by atoms with Crippen LogP contribution in [0.3, 0.4) is 0 Å². The average Bonchev–Trinajstić information content (AvgIpc) is 2.42. The smallest absolute Gasteiger partial charge is 0.147 e. The molecule has 3 aromatic rings. The molecule has 1 heterocycles. The van der Waals surface area contributed by atoms with Crippen LogP contribution in [-0.4, -0.2) is 4.98 Å². The van der Waals surface area contributed by atoms with Crippen LogP contribution in [0.5, 0.6) is 11.5 Å². The SMILES string of the molecule is Nc1cncc(Oc2ccc3ccccc3c2Br)c1. The fourth-order valence-electron chi connectivity index (χ4n) is 1.91. The Morgan fingerprint density at radius 2 is 1.89 bits per heavy atom. The number of fused-ring (bicyclic) bond motifs is 1. The van der Waals surface area contributed by atoms with E-state index in [0.29, 0.717) is 11.4 Å². The molecule has 1 aromatic heterocycles. The van der Waals surface area contributed by atoms with Gasteiger partial charge in [0.05, 0.1) is 22.6 Å². The van der Waals surface area contributed by atoms with Crippen LogP contribution < -0.4 is 10.5 Å². The van der Waals surface area contributed by atoms with Gasteiger partial charge in [-0.15, -0.1) is 0 Å². The van der Waals surface area contributed by atoms with Crippen LogP contribution in [0.4, 0.5) is 5.69 Å². The fourth-order valence-corrected chi connectivity index (χ4v) is 2.48. The van der Waals surface area contributed by atoms with E-state index in [1.165, 1.54) is 0 Å². The molecule has 3 nitrogen and oxygen atoms in total. The maximum Gasteiger partial charge on any atom is 0.147 e. The van der Waals surface area contributed by atoms with Crippen LogP contribution in [-0.2, 0) is 0 Å². The number of benzene rings is 2. The topological polar surface area (TPSA) is 48.1 Å². The molecule has 4 heteroatoms. The lowest BCUT2D eigenvalue weighted by molar-refractivity contribution is 0.478. The monoisotopic (exact) mass is 314 g/mol. The third-order valence-electron chi connectivity index (χ3n) is 2.79. The normalized spacial score (nSPS) is 10.6. The Morgan fingerprint density at radius 1 is 1.05 bits per heavy atom. The van der Waals surface area contributed by atoms with Gasteiger partial charge in [-0.05, 0) is 32.8 Å². The number of hydrogen-bond acceptors (Lipinski definition) is 3. The van der Waals surface area contributed by atoms with E-state index >= 15 is 0 Å². The summed E-state index contributed by atoms with van der Waals surface area (Å²) >= 11 is 3.58. The molecule has 0 aliphatic carbocycles. The number of nitrogens with zero attached hydrogens (tertiary/aromatic N) is 1. The highest BCUT2D eigenvalue weighted by atomic mass is 79.9. The van der Waals surface area contributed by atoms with Crippen molar-refractivity contribution in [3.63, 3.8) is 0 Å². The molecule has 3 rings (SSSR count). The minimum Gasteiger partial charge on any atom is -0.454 e. The fraction of sp³-hybridized carbons (Fsp3) is 0. The Labute approximate surface area is 119 Å². The Bertz CT molecular complexity index is 743. The zero-order valence-corrected chi connectivity index (χ0v) is 11.6. The Balaban J connectivity index is 2.04. The molecule has 94 valence electrons. The first-order valence-electron chi connectivity index (χ1n) is 5.80. The quantitative estimate of drug-likeness (QED) is 0.764. The summed E-state index contributed by atoms with van der Waals surface area (Å²) in [6.07, 6.45) is 3.22. The Hall–Kier alpha value is -2.07. The van der Waals surface area contributed by atoms with Crippen molar-refractivity contribution in [3.05, 3.63) is 59.3 Å². The third-order valence-corrected chi connectivity index (χ3v) is 3.61. The molecule has 0 aliphatic heterocycles. The van der Waals surface area contributed by atoms with Gasteiger partial charge >= 0.3 is 0 Å². The zero-order valence-electron chi connectivity index (χ0n) is 10.0. The van der Waals surface area contributed by atoms with Crippen LogP contribution in [0.2, 0.25) is 0 Å². The summed E-state index contributed by atoms with van der Waals surface area (Å²) in [5.41, 5.74) is 6.26. The number of nitrogens with two attached hydrogens (primary N) is 1. The summed E-state index contributed by atoms with van der Waals surface area (Å²) in [5.74, 6) is 1.36. The summed E-state index contributed by atoms with van der Waals surface area (Å²) in [4.78, 5) is 4.01. The largest absolute Gasteiger partial charge is 0.454 e. The van der Waals surface area contributed by atoms with Crippen molar-refractivity contribution in [1.82, 2.24) is 4.98 Å². The van der Waals surface area contributed by atoms with E-state index in [4.69, 9.17) is 10.5 Å². The van der Waals surface area contributed by atoms with E-state index < -0.39 is 0 Å². The highest BCUT2D eigenvalue weighted by Crippen LogP contribution is 2.35. The molecule has 0 aliphatic rings. The molecule has 0 unspecified atom stereocenters. The van der Waals surface area contributed by atoms with Crippen molar-refractivity contribution < 1.29 is 4.74 Å². The second-order valence-electron chi connectivity index (χ2n) is 4.15. The van der Waals surface area contributed by atoms with Crippen LogP contribution in [0.1, 0.15) is 0 Å². The maximum absolute atomic E-state index is 5.81. The van der Waals surface area contributed by atoms with Crippen molar-refractivity contribution >= 4 is 32.4 Å². The third kappa shape index (κ3) is 2.39. The molecule has 19 heavy (non-hydrogen) atoms. The van der Waals surface area contributed by atoms with E-state index in [-0.39, 0.29) is 0 Å². The number of aromatic nitrogens is 1. The van der Waals surface area contributed by atoms with Gasteiger partial charge in [0.25, 0.3) is 0 Å². The molecule has 2 N–H and O–H groups in total. The van der Waals surface area contributed by atoms with Gasteiger partial charge in [-0.2, -0.15) is 0 Å². The van der Waals surface area contributed by atoms with Gasteiger partial charge in [0.2, 0.25) is 0 Å². The molecular formula is C15H11BrN2O. The van der Waals surface area contributed by atoms with Crippen molar-refractivity contribution in [2.75, 3.05) is 5.73 Å². The van der Waals surface area contributed by atoms with E-state index in [1.54, 1.807) is 18.5 Å². The van der Waals surface area contributed by atoms with E-state index in [9.17, 15) is 0 Å². The number of anilines is 1. The van der Waals surface area contributed by atoms with Gasteiger partial charge in [-0.25, -0.2) is 0 Å². The summed E-state index contributed by atoms with van der Waals surface area (Å²) in [6, 6.07) is 13.8. The van der Waals surface area contributed by atoms with Gasteiger partial charge in [-0.3, -0.25) is 4.98 Å². The van der Waals surface area contributed by atoms with Crippen LogP contribution >= 0.6 is 15.9 Å². The lowest BCUT2D eigenvalue weighted by Crippen LogP contribution is -1.90. The van der Waals surface area contributed by atoms with Crippen LogP contribution in [0.15, 0.2) is 59.3 Å². The van der Waals surface area contributed by atoms with E-state index in [1.807, 2.05) is 30.3 Å². The highest BCUT2D eigenvalue weighted by Gasteiger charge is 2.07. The molecule has 0 amide bonds. The van der Waals surface area contributed by atoms with Crippen LogP contribution in [0, 0.1) is 0 Å². The number of ether oxygens (including phenoxy) is 1. The number of pyridine rings is 1. The zero-order chi connectivity index (χ0) is 13.2. The maximum atomic E-state index is 5.81. The minimum atomic E-state index is 0.578. The molecular weight excluding hydrogens is 304 g/mol. The molecule has 0 atom stereocenters. The van der Waals surface area contributed by atoms with Crippen molar-refractivity contribution in [3.8, 4) is 11.5 Å². The van der Waals surface area contributed by atoms with Gasteiger partial charge < -0.3 is 10.5 Å². The lowest BCUT2D eigenvalue weighted by atomic mass is 10.1. The number of rotatable bonds is 2. The minimum absolute atomic E-state index is 0.578. The van der Waals surface area contributed by atoms with Crippen molar-refractivity contribution in [2.24, 2.45) is 0 Å². The van der Waals surface area contributed by atoms with Crippen LogP contribution in [0.25, 0.3) is 10.8 Å². The second kappa shape index (κ2) is 4.90. The molecule has 0 bridgehead atoms. The first kappa shape index (κ1) is 12.0. The van der Waals surface area contributed by atoms with Crippen molar-refractivity contribution in [1.29, 1.82) is 0 Å².